The molecule has 2 atom stereocenters. The van der Waals surface area contributed by atoms with E-state index in [-0.39, 0.29) is 24.8 Å². The van der Waals surface area contributed by atoms with Gasteiger partial charge in [0.2, 0.25) is 0 Å². The second-order valence-electron chi connectivity index (χ2n) is 11.5. The minimum atomic E-state index is -3.13. The first-order chi connectivity index (χ1) is 16.2. The third-order valence-electron chi connectivity index (χ3n) is 8.40. The van der Waals surface area contributed by atoms with Crippen LogP contribution in [0.4, 0.5) is 0 Å². The number of benzene rings is 4. The summed E-state index contributed by atoms with van der Waals surface area (Å²) in [5.41, 5.74) is 11.8. The summed E-state index contributed by atoms with van der Waals surface area (Å²) in [5, 5.41) is 8.04. The summed E-state index contributed by atoms with van der Waals surface area (Å²) in [6.07, 6.45) is 4.96. The molecule has 0 aromatic heterocycles. The van der Waals surface area contributed by atoms with Crippen LogP contribution in [0.2, 0.25) is 10.5 Å². The molecule has 2 aliphatic carbocycles. The normalized spacial score (nSPS) is 18.5. The van der Waals surface area contributed by atoms with Crippen LogP contribution in [0.3, 0.4) is 0 Å². The van der Waals surface area contributed by atoms with Crippen molar-refractivity contribution in [2.24, 2.45) is 0 Å². The molecule has 0 heterocycles. The van der Waals surface area contributed by atoms with Crippen LogP contribution < -0.4 is 0 Å². The van der Waals surface area contributed by atoms with Crippen molar-refractivity contribution >= 4 is 55.4 Å². The smallest absolute Gasteiger partial charge is 0.147 e. The second kappa shape index (κ2) is 9.46. The zero-order valence-corrected chi connectivity index (χ0v) is 26.0. The van der Waals surface area contributed by atoms with Crippen molar-refractivity contribution in [1.29, 1.82) is 0 Å². The Morgan fingerprint density at radius 1 is 0.611 bits per heavy atom. The zero-order chi connectivity index (χ0) is 23.7. The number of hydrogen-bond acceptors (Lipinski definition) is 0. The molecule has 6 rings (SSSR count). The second-order valence-corrected chi connectivity index (χ2v) is 31.7. The predicted molar refractivity (Wildman–Crippen MR) is 163 cm³/mol. The molecule has 0 amide bonds. The molecule has 0 bridgehead atoms. The molecule has 2 unspecified atom stereocenters. The van der Waals surface area contributed by atoms with Gasteiger partial charge in [-0.15, -0.1) is 24.8 Å². The summed E-state index contributed by atoms with van der Waals surface area (Å²) in [7, 11) is 2.40. The van der Waals surface area contributed by atoms with Gasteiger partial charge in [0.05, 0.1) is 0 Å². The number of allylic oxidation sites excluding steroid dienone is 2. The van der Waals surface area contributed by atoms with Crippen molar-refractivity contribution in [3.05, 3.63) is 118 Å². The molecule has 0 N–H and O–H groups in total. The topological polar surface area (TPSA) is 0 Å². The molecule has 4 aromatic rings. The van der Waals surface area contributed by atoms with Gasteiger partial charge in [-0.25, -0.2) is 0 Å². The van der Waals surface area contributed by atoms with Crippen molar-refractivity contribution in [2.75, 3.05) is 0 Å². The average molecular weight is 565 g/mol. The van der Waals surface area contributed by atoms with Gasteiger partial charge in [0.15, 0.2) is 0 Å². The Kier molecular flexibility index (Phi) is 7.14. The fourth-order valence-electron chi connectivity index (χ4n) is 7.41. The van der Waals surface area contributed by atoms with E-state index in [9.17, 15) is 0 Å². The van der Waals surface area contributed by atoms with Crippen molar-refractivity contribution in [1.82, 2.24) is 0 Å². The van der Waals surface area contributed by atoms with Crippen molar-refractivity contribution in [2.45, 2.75) is 32.7 Å². The summed E-state index contributed by atoms with van der Waals surface area (Å²) in [6.45, 7) is 4.76. The maximum Gasteiger partial charge on any atom is -0.147 e. The van der Waals surface area contributed by atoms with E-state index in [0.717, 1.165) is 0 Å². The Labute approximate surface area is 230 Å². The Morgan fingerprint density at radius 2 is 1.17 bits per heavy atom. The monoisotopic (exact) mass is 564 g/mol. The Morgan fingerprint density at radius 3 is 1.97 bits per heavy atom. The van der Waals surface area contributed by atoms with Gasteiger partial charge < -0.3 is 0 Å². The molecular formula is C32H34Cl2SiTi. The first kappa shape index (κ1) is 27.2. The molecule has 0 saturated carbocycles. The molecule has 0 nitrogen and oxygen atoms in total. The van der Waals surface area contributed by atoms with Crippen molar-refractivity contribution in [3.63, 3.8) is 0 Å². The minimum Gasteiger partial charge on any atom is -0.147 e. The Bertz CT molecular complexity index is 1620. The third-order valence-corrected chi connectivity index (χ3v) is 20.1. The van der Waals surface area contributed by atoms with Crippen LogP contribution in [0.15, 0.2) is 96.1 Å². The van der Waals surface area contributed by atoms with E-state index in [0.29, 0.717) is 8.45 Å². The largest absolute Gasteiger partial charge is 0.147 e. The quantitative estimate of drug-likeness (QED) is 0.217. The van der Waals surface area contributed by atoms with E-state index >= 15 is 0 Å². The van der Waals surface area contributed by atoms with E-state index in [1.807, 2.05) is 0 Å². The molecule has 0 fully saturated rings. The number of halogens is 2. The first-order valence-corrected chi connectivity index (χ1v) is 21.3. The van der Waals surface area contributed by atoms with Gasteiger partial charge in [-0.2, -0.15) is 0 Å². The van der Waals surface area contributed by atoms with E-state index in [2.05, 4.69) is 129 Å². The third kappa shape index (κ3) is 4.01. The van der Waals surface area contributed by atoms with E-state index in [4.69, 9.17) is 0 Å². The minimum absolute atomic E-state index is 0. The van der Waals surface area contributed by atoms with E-state index in [1.54, 1.807) is 22.3 Å². The van der Waals surface area contributed by atoms with Crippen LogP contribution in [0.25, 0.3) is 34.1 Å². The fourth-order valence-corrected chi connectivity index (χ4v) is 21.3. The van der Waals surface area contributed by atoms with Gasteiger partial charge in [0.25, 0.3) is 0 Å². The average Bonchev–Trinajstić information content (AvgIpc) is 3.35. The molecular weight excluding hydrogens is 531 g/mol. The van der Waals surface area contributed by atoms with Crippen LogP contribution in [0.5, 0.6) is 0 Å². The predicted octanol–water partition coefficient (Wildman–Crippen LogP) is 9.30. The summed E-state index contributed by atoms with van der Waals surface area (Å²) in [4.78, 5) is 0. The van der Waals surface area contributed by atoms with E-state index < -0.39 is 14.0 Å². The summed E-state index contributed by atoms with van der Waals surface area (Å²) >= 11 is -3.13. The summed E-state index contributed by atoms with van der Waals surface area (Å²) in [6, 6.07) is 31.6. The molecule has 2 aliphatic rings. The van der Waals surface area contributed by atoms with Crippen molar-refractivity contribution < 1.29 is 14.0 Å². The van der Waals surface area contributed by atoms with Crippen LogP contribution in [-0.2, 0) is 14.0 Å². The molecule has 36 heavy (non-hydrogen) atoms. The fraction of sp³-hybridized carbons (Fsp3) is 0.188. The van der Waals surface area contributed by atoms with Crippen LogP contribution in [0.1, 0.15) is 44.5 Å². The van der Waals surface area contributed by atoms with Crippen LogP contribution in [-0.4, -0.2) is 7.63 Å². The summed E-state index contributed by atoms with van der Waals surface area (Å²) in [5.74, 6) is 0. The molecule has 0 spiro atoms. The van der Waals surface area contributed by atoms with Gasteiger partial charge in [0, 0.05) is 0 Å². The molecule has 4 heteroatoms. The maximum atomic E-state index is 2.70. The van der Waals surface area contributed by atoms with Crippen LogP contribution in [0, 0.1) is 0 Å². The van der Waals surface area contributed by atoms with Gasteiger partial charge in [-0.3, -0.25) is 0 Å². The molecule has 0 radical (unpaired) electrons. The van der Waals surface area contributed by atoms with Crippen molar-refractivity contribution in [3.8, 4) is 11.1 Å². The van der Waals surface area contributed by atoms with Crippen LogP contribution >= 0.6 is 24.8 Å². The Balaban J connectivity index is 0.00000152. The van der Waals surface area contributed by atoms with Gasteiger partial charge >= 0.3 is 207 Å². The van der Waals surface area contributed by atoms with Gasteiger partial charge in [-0.05, 0) is 0 Å². The standard InChI is InChI=1S/C20H15.C10H9.2CH3.2ClH.H2Si.Ti/c1-14-12-16-8-5-11-19(20(16)13-14)18-10-4-7-15-6-2-3-9-17(15)18;1-8-6-9-4-2-3-5-10(9)7-8;;;;;;/h2-13H,1H3;2-7H,1H3;2*1H3;2*1H;1H2;. The maximum absolute atomic E-state index is 3.13. The number of hydrogen-bond donors (Lipinski definition) is 0. The van der Waals surface area contributed by atoms with Gasteiger partial charge in [-0.1, -0.05) is 0 Å². The van der Waals surface area contributed by atoms with E-state index in [1.165, 1.54) is 33.0 Å². The summed E-state index contributed by atoms with van der Waals surface area (Å²) < 4.78 is 1.12. The number of rotatable bonds is 3. The molecule has 0 aliphatic heterocycles. The molecule has 4 aromatic carbocycles. The van der Waals surface area contributed by atoms with Gasteiger partial charge in [0.1, 0.15) is 0 Å². The zero-order valence-electron chi connectivity index (χ0n) is 21.4. The Hall–Kier alpha value is -1.87. The number of fused-ring (bicyclic) bond motifs is 3. The molecule has 184 valence electrons. The first-order valence-electron chi connectivity index (χ1n) is 12.4. The molecule has 0 saturated heterocycles. The SMILES string of the molecule is CC1=Cc2ccccc2[CH]1[Ti]([CH3])([CH3])(=[SiH2])[CH]1C(C)=Cc2c(-c3cccc4ccccc34)cccc21.Cl.Cl.